The number of amidine groups is 1. The van der Waals surface area contributed by atoms with Gasteiger partial charge in [-0.2, -0.15) is 0 Å². The number of carboxylic acids is 1. The first-order valence-corrected chi connectivity index (χ1v) is 7.94. The molecule has 0 radical (unpaired) electrons. The molecule has 124 valence electrons. The first kappa shape index (κ1) is 16.2. The highest BCUT2D eigenvalue weighted by atomic mass is 16.4. The third-order valence-electron chi connectivity index (χ3n) is 4.19. The number of hydrogen-bond acceptors (Lipinski definition) is 4. The molecular formula is C19H21N3O2. The second-order valence-electron chi connectivity index (χ2n) is 6.15. The van der Waals surface area contributed by atoms with Gasteiger partial charge in [0.05, 0.1) is 11.3 Å². The van der Waals surface area contributed by atoms with Crippen molar-refractivity contribution in [3.8, 4) is 0 Å². The van der Waals surface area contributed by atoms with E-state index in [1.165, 1.54) is 11.1 Å². The van der Waals surface area contributed by atoms with Crippen LogP contribution in [0.5, 0.6) is 0 Å². The fraction of sp³-hybridized carbons (Fsp3) is 0.263. The van der Waals surface area contributed by atoms with E-state index in [-0.39, 0.29) is 6.17 Å². The van der Waals surface area contributed by atoms with Gasteiger partial charge in [0.1, 0.15) is 12.0 Å². The van der Waals surface area contributed by atoms with Crippen molar-refractivity contribution in [1.82, 2.24) is 5.43 Å². The van der Waals surface area contributed by atoms with E-state index in [9.17, 15) is 4.79 Å². The Balaban J connectivity index is 1.75. The molecule has 0 amide bonds. The monoisotopic (exact) mass is 323 g/mol. The Labute approximate surface area is 141 Å². The quantitative estimate of drug-likeness (QED) is 0.906. The van der Waals surface area contributed by atoms with Gasteiger partial charge in [0.2, 0.25) is 0 Å². The fourth-order valence-corrected chi connectivity index (χ4v) is 2.88. The van der Waals surface area contributed by atoms with Crippen LogP contribution in [-0.4, -0.2) is 23.1 Å². The Morgan fingerprint density at radius 2 is 1.88 bits per heavy atom. The Bertz CT molecular complexity index is 797. The van der Waals surface area contributed by atoms with Crippen LogP contribution in [0.4, 0.5) is 5.69 Å². The van der Waals surface area contributed by atoms with Crippen LogP contribution < -0.4 is 10.4 Å². The summed E-state index contributed by atoms with van der Waals surface area (Å²) >= 11 is 0. The predicted octanol–water partition coefficient (Wildman–Crippen LogP) is 3.31. The topological polar surface area (TPSA) is 64.9 Å². The van der Waals surface area contributed by atoms with Crippen molar-refractivity contribution in [3.05, 3.63) is 64.7 Å². The summed E-state index contributed by atoms with van der Waals surface area (Å²) in [5, 5.41) is 11.1. The van der Waals surface area contributed by atoms with Gasteiger partial charge in [0.25, 0.3) is 0 Å². The second kappa shape index (κ2) is 6.45. The minimum absolute atomic E-state index is 0.0211. The van der Waals surface area contributed by atoms with Gasteiger partial charge in [-0.25, -0.2) is 10.2 Å². The highest BCUT2D eigenvalue weighted by molar-refractivity contribution is 5.97. The van der Waals surface area contributed by atoms with E-state index in [2.05, 4.69) is 41.6 Å². The van der Waals surface area contributed by atoms with Gasteiger partial charge < -0.3 is 5.11 Å². The largest absolute Gasteiger partial charge is 0.478 e. The normalized spacial score (nSPS) is 17.0. The summed E-state index contributed by atoms with van der Waals surface area (Å²) in [6.07, 6.45) is 0.785. The number of anilines is 1. The molecule has 1 unspecified atom stereocenters. The van der Waals surface area contributed by atoms with Gasteiger partial charge >= 0.3 is 5.97 Å². The Morgan fingerprint density at radius 1 is 1.17 bits per heavy atom. The molecule has 2 aromatic rings. The molecule has 0 bridgehead atoms. The van der Waals surface area contributed by atoms with Crippen LogP contribution in [0.25, 0.3) is 0 Å². The zero-order valence-corrected chi connectivity index (χ0v) is 14.1. The molecule has 3 rings (SSSR count). The smallest absolute Gasteiger partial charge is 0.335 e. The summed E-state index contributed by atoms with van der Waals surface area (Å²) < 4.78 is 0. The van der Waals surface area contributed by atoms with E-state index < -0.39 is 5.97 Å². The van der Waals surface area contributed by atoms with Crippen LogP contribution in [0.2, 0.25) is 0 Å². The zero-order valence-electron chi connectivity index (χ0n) is 14.1. The maximum atomic E-state index is 11.1. The molecule has 5 heteroatoms. The lowest BCUT2D eigenvalue weighted by atomic mass is 10.1. The summed E-state index contributed by atoms with van der Waals surface area (Å²) in [4.78, 5) is 15.8. The van der Waals surface area contributed by atoms with Gasteiger partial charge in [-0.05, 0) is 50.1 Å². The number of hydrazine groups is 1. The van der Waals surface area contributed by atoms with Crippen molar-refractivity contribution in [2.45, 2.75) is 33.4 Å². The van der Waals surface area contributed by atoms with Crippen molar-refractivity contribution >= 4 is 17.5 Å². The van der Waals surface area contributed by atoms with Gasteiger partial charge in [0.15, 0.2) is 0 Å². The average Bonchev–Trinajstić information content (AvgIpc) is 2.89. The Kier molecular flexibility index (Phi) is 4.36. The average molecular weight is 323 g/mol. The lowest BCUT2D eigenvalue weighted by Gasteiger charge is -2.21. The molecule has 0 aromatic heterocycles. The number of carboxylic acid groups (broad SMARTS) is 1. The standard InChI is InChI=1S/C19H21N3O2/c1-12-4-6-15(7-5-12)11-18-20-14(3)22(21-18)16-8-9-17(19(23)24)13(2)10-16/h4-10,18,21H,11H2,1-3H3,(H,23,24). The molecular weight excluding hydrogens is 302 g/mol. The molecule has 1 heterocycles. The number of benzene rings is 2. The molecule has 2 N–H and O–H groups in total. The van der Waals surface area contributed by atoms with Crippen LogP contribution >= 0.6 is 0 Å². The number of aromatic carboxylic acids is 1. The molecule has 2 aromatic carbocycles. The molecule has 1 atom stereocenters. The first-order chi connectivity index (χ1) is 11.4. The van der Waals surface area contributed by atoms with Gasteiger partial charge in [-0.15, -0.1) is 0 Å². The van der Waals surface area contributed by atoms with E-state index in [4.69, 9.17) is 5.11 Å². The van der Waals surface area contributed by atoms with Crippen LogP contribution in [0, 0.1) is 13.8 Å². The van der Waals surface area contributed by atoms with Crippen molar-refractivity contribution in [2.75, 3.05) is 5.01 Å². The maximum absolute atomic E-state index is 11.1. The molecule has 0 spiro atoms. The molecule has 1 aliphatic heterocycles. The minimum Gasteiger partial charge on any atom is -0.478 e. The molecule has 24 heavy (non-hydrogen) atoms. The highest BCUT2D eigenvalue weighted by Gasteiger charge is 2.23. The Morgan fingerprint density at radius 3 is 2.50 bits per heavy atom. The van der Waals surface area contributed by atoms with Gasteiger partial charge in [-0.1, -0.05) is 29.8 Å². The molecule has 0 aliphatic carbocycles. The zero-order chi connectivity index (χ0) is 17.3. The van der Waals surface area contributed by atoms with Gasteiger partial charge in [0, 0.05) is 6.42 Å². The van der Waals surface area contributed by atoms with E-state index in [0.29, 0.717) is 5.56 Å². The summed E-state index contributed by atoms with van der Waals surface area (Å²) in [7, 11) is 0. The summed E-state index contributed by atoms with van der Waals surface area (Å²) in [6.45, 7) is 5.83. The van der Waals surface area contributed by atoms with Crippen molar-refractivity contribution in [3.63, 3.8) is 0 Å². The second-order valence-corrected chi connectivity index (χ2v) is 6.15. The third kappa shape index (κ3) is 3.31. The summed E-state index contributed by atoms with van der Waals surface area (Å²) in [5.41, 5.74) is 7.80. The predicted molar refractivity (Wildman–Crippen MR) is 95.5 cm³/mol. The van der Waals surface area contributed by atoms with Crippen LogP contribution in [0.3, 0.4) is 0 Å². The number of aliphatic imine (C=N–C) groups is 1. The van der Waals surface area contributed by atoms with Crippen LogP contribution in [-0.2, 0) is 6.42 Å². The number of rotatable bonds is 4. The van der Waals surface area contributed by atoms with E-state index in [1.54, 1.807) is 19.1 Å². The maximum Gasteiger partial charge on any atom is 0.335 e. The molecule has 0 fully saturated rings. The minimum atomic E-state index is -0.906. The number of aryl methyl sites for hydroxylation is 2. The highest BCUT2D eigenvalue weighted by Crippen LogP contribution is 2.22. The molecule has 0 saturated heterocycles. The first-order valence-electron chi connectivity index (χ1n) is 7.94. The van der Waals surface area contributed by atoms with E-state index in [0.717, 1.165) is 23.5 Å². The summed E-state index contributed by atoms with van der Waals surface area (Å²) in [5.74, 6) is -0.0364. The van der Waals surface area contributed by atoms with Crippen molar-refractivity contribution in [2.24, 2.45) is 4.99 Å². The van der Waals surface area contributed by atoms with Crippen LogP contribution in [0.1, 0.15) is 34.0 Å². The number of hydrogen-bond donors (Lipinski definition) is 2. The van der Waals surface area contributed by atoms with E-state index in [1.807, 2.05) is 18.0 Å². The number of nitrogens with one attached hydrogen (secondary N) is 1. The van der Waals surface area contributed by atoms with Crippen LogP contribution in [0.15, 0.2) is 47.5 Å². The number of nitrogens with zero attached hydrogens (tertiary/aromatic N) is 2. The fourth-order valence-electron chi connectivity index (χ4n) is 2.88. The van der Waals surface area contributed by atoms with E-state index >= 15 is 0 Å². The van der Waals surface area contributed by atoms with Crippen molar-refractivity contribution in [1.29, 1.82) is 0 Å². The lowest BCUT2D eigenvalue weighted by molar-refractivity contribution is 0.0696. The third-order valence-corrected chi connectivity index (χ3v) is 4.19. The Hall–Kier alpha value is -2.66. The molecule has 5 nitrogen and oxygen atoms in total. The lowest BCUT2D eigenvalue weighted by Crippen LogP contribution is -2.40. The van der Waals surface area contributed by atoms with Crippen molar-refractivity contribution < 1.29 is 9.90 Å². The number of carbonyl (C=O) groups is 1. The summed E-state index contributed by atoms with van der Waals surface area (Å²) in [6, 6.07) is 13.8. The SMILES string of the molecule is CC1=NC(Cc2ccc(C)cc2)NN1c1ccc(C(=O)O)c(C)c1. The molecule has 0 saturated carbocycles. The van der Waals surface area contributed by atoms with Gasteiger partial charge in [-0.3, -0.25) is 10.0 Å². The molecule has 1 aliphatic rings.